The number of carbonyl (C=O) groups excluding carboxylic acids is 2. The lowest BCUT2D eigenvalue weighted by molar-refractivity contribution is -0.132. The van der Waals surface area contributed by atoms with Gasteiger partial charge in [-0.2, -0.15) is 0 Å². The Bertz CT molecular complexity index is 870. The number of thiazole rings is 2. The van der Waals surface area contributed by atoms with E-state index in [1.165, 1.54) is 17.8 Å². The highest BCUT2D eigenvalue weighted by atomic mass is 32.1. The fourth-order valence-corrected chi connectivity index (χ4v) is 6.00. The molecule has 0 saturated carbocycles. The van der Waals surface area contributed by atoms with Gasteiger partial charge in [-0.1, -0.05) is 0 Å². The number of carbonyl (C=O) groups is 2. The summed E-state index contributed by atoms with van der Waals surface area (Å²) in [5, 5.41) is 2.98. The van der Waals surface area contributed by atoms with Crippen LogP contribution >= 0.6 is 22.7 Å². The molecule has 4 heterocycles. The van der Waals surface area contributed by atoms with Crippen LogP contribution in [0.25, 0.3) is 0 Å². The zero-order chi connectivity index (χ0) is 20.4. The Labute approximate surface area is 180 Å². The van der Waals surface area contributed by atoms with Gasteiger partial charge in [0.2, 0.25) is 5.91 Å². The molecule has 0 spiro atoms. The molecular weight excluding hydrogens is 404 g/mol. The van der Waals surface area contributed by atoms with Gasteiger partial charge < -0.3 is 9.80 Å². The molecule has 2 saturated heterocycles. The van der Waals surface area contributed by atoms with Gasteiger partial charge in [0.05, 0.1) is 28.3 Å². The zero-order valence-electron chi connectivity index (χ0n) is 17.1. The van der Waals surface area contributed by atoms with Gasteiger partial charge in [0, 0.05) is 31.1 Å². The molecule has 0 N–H and O–H groups in total. The lowest BCUT2D eigenvalue weighted by atomic mass is 9.83. The number of piperidine rings is 2. The fraction of sp³-hybridized carbons (Fsp3) is 0.619. The number of likely N-dealkylation sites (tertiary alicyclic amines) is 2. The summed E-state index contributed by atoms with van der Waals surface area (Å²) in [4.78, 5) is 39.3. The first kappa shape index (κ1) is 20.5. The predicted octanol–water partition coefficient (Wildman–Crippen LogP) is 3.69. The van der Waals surface area contributed by atoms with Crippen molar-refractivity contribution in [1.29, 1.82) is 0 Å². The highest BCUT2D eigenvalue weighted by Crippen LogP contribution is 2.32. The average Bonchev–Trinajstić information content (AvgIpc) is 3.35. The second-order valence-electron chi connectivity index (χ2n) is 8.08. The van der Waals surface area contributed by atoms with E-state index in [0.717, 1.165) is 66.6 Å². The molecule has 0 aromatic carbocycles. The van der Waals surface area contributed by atoms with Gasteiger partial charge in [0.1, 0.15) is 4.88 Å². The third-order valence-corrected chi connectivity index (χ3v) is 7.92. The average molecular weight is 433 g/mol. The van der Waals surface area contributed by atoms with E-state index in [1.54, 1.807) is 16.8 Å². The molecule has 2 aromatic heterocycles. The molecule has 0 radical (unpaired) electrons. The summed E-state index contributed by atoms with van der Waals surface area (Å²) < 4.78 is 0. The van der Waals surface area contributed by atoms with E-state index in [4.69, 9.17) is 0 Å². The van der Waals surface area contributed by atoms with Crippen molar-refractivity contribution in [2.24, 2.45) is 5.92 Å². The monoisotopic (exact) mass is 432 g/mol. The Kier molecular flexibility index (Phi) is 6.29. The number of aromatic nitrogens is 2. The predicted molar refractivity (Wildman–Crippen MR) is 115 cm³/mol. The third kappa shape index (κ3) is 4.53. The molecule has 2 aliphatic rings. The number of rotatable bonds is 4. The smallest absolute Gasteiger partial charge is 0.266 e. The summed E-state index contributed by atoms with van der Waals surface area (Å²) in [5.74, 6) is 0.788. The minimum atomic E-state index is 0.145. The molecule has 1 unspecified atom stereocenters. The van der Waals surface area contributed by atoms with Crippen LogP contribution in [0.1, 0.15) is 58.2 Å². The van der Waals surface area contributed by atoms with Crippen molar-refractivity contribution in [2.75, 3.05) is 19.6 Å². The van der Waals surface area contributed by atoms with Gasteiger partial charge in [-0.3, -0.25) is 9.59 Å². The molecular formula is C21H28N4O2S2. The molecule has 156 valence electrons. The molecule has 0 bridgehead atoms. The molecule has 2 amide bonds. The molecule has 29 heavy (non-hydrogen) atoms. The molecule has 4 rings (SSSR count). The van der Waals surface area contributed by atoms with Crippen molar-refractivity contribution in [3.05, 3.63) is 32.2 Å². The zero-order valence-corrected chi connectivity index (χ0v) is 18.7. The summed E-state index contributed by atoms with van der Waals surface area (Å²) in [6.45, 7) is 6.28. The summed E-state index contributed by atoms with van der Waals surface area (Å²) in [6, 6.07) is 0.288. The maximum absolute atomic E-state index is 13.1. The van der Waals surface area contributed by atoms with Gasteiger partial charge in [-0.05, 0) is 51.9 Å². The van der Waals surface area contributed by atoms with Crippen LogP contribution in [0, 0.1) is 19.8 Å². The van der Waals surface area contributed by atoms with Crippen molar-refractivity contribution in [2.45, 2.75) is 58.4 Å². The van der Waals surface area contributed by atoms with Gasteiger partial charge in [0.25, 0.3) is 5.91 Å². The summed E-state index contributed by atoms with van der Waals surface area (Å²) in [5.41, 5.74) is 3.47. The van der Waals surface area contributed by atoms with Gasteiger partial charge in [-0.25, -0.2) is 9.97 Å². The van der Waals surface area contributed by atoms with Crippen LogP contribution in [0.4, 0.5) is 0 Å². The maximum Gasteiger partial charge on any atom is 0.266 e. The maximum atomic E-state index is 13.1. The first-order chi connectivity index (χ1) is 14.0. The third-order valence-electron chi connectivity index (χ3n) is 6.19. The molecule has 2 aliphatic heterocycles. The Balaban J connectivity index is 1.37. The van der Waals surface area contributed by atoms with Crippen molar-refractivity contribution >= 4 is 34.5 Å². The molecule has 2 fully saturated rings. The number of aryl methyl sites for hydroxylation is 2. The van der Waals surface area contributed by atoms with Crippen molar-refractivity contribution in [1.82, 2.24) is 19.8 Å². The van der Waals surface area contributed by atoms with E-state index in [1.807, 2.05) is 24.1 Å². The fourth-order valence-electron chi connectivity index (χ4n) is 4.63. The van der Waals surface area contributed by atoms with Crippen molar-refractivity contribution < 1.29 is 9.59 Å². The van der Waals surface area contributed by atoms with Crippen molar-refractivity contribution in [3.8, 4) is 0 Å². The van der Waals surface area contributed by atoms with E-state index in [2.05, 4.69) is 14.9 Å². The van der Waals surface area contributed by atoms with E-state index in [0.29, 0.717) is 12.3 Å². The van der Waals surface area contributed by atoms with E-state index in [-0.39, 0.29) is 17.9 Å². The SMILES string of the molecule is Cc1nc(CC(=O)N2CCC(C3CCCCN3C(=O)c3scnc3C)CC2)cs1. The minimum Gasteiger partial charge on any atom is -0.342 e. The lowest BCUT2D eigenvalue weighted by Gasteiger charge is -2.43. The van der Waals surface area contributed by atoms with Gasteiger partial charge >= 0.3 is 0 Å². The first-order valence-corrected chi connectivity index (χ1v) is 12.2. The van der Waals surface area contributed by atoms with Crippen LogP contribution in [-0.4, -0.2) is 57.3 Å². The molecule has 2 aromatic rings. The normalized spacial score (nSPS) is 20.8. The Morgan fingerprint density at radius 2 is 1.90 bits per heavy atom. The Morgan fingerprint density at radius 1 is 1.10 bits per heavy atom. The molecule has 1 atom stereocenters. The molecule has 6 nitrogen and oxygen atoms in total. The van der Waals surface area contributed by atoms with Gasteiger partial charge in [0.15, 0.2) is 0 Å². The summed E-state index contributed by atoms with van der Waals surface area (Å²) in [7, 11) is 0. The number of amides is 2. The second-order valence-corrected chi connectivity index (χ2v) is 10.00. The topological polar surface area (TPSA) is 66.4 Å². The number of nitrogens with zero attached hydrogens (tertiary/aromatic N) is 4. The molecule has 0 aliphatic carbocycles. The summed E-state index contributed by atoms with van der Waals surface area (Å²) in [6.07, 6.45) is 5.66. The second kappa shape index (κ2) is 8.92. The number of hydrogen-bond acceptors (Lipinski definition) is 6. The van der Waals surface area contributed by atoms with Crippen LogP contribution in [0.15, 0.2) is 10.9 Å². The quantitative estimate of drug-likeness (QED) is 0.739. The summed E-state index contributed by atoms with van der Waals surface area (Å²) >= 11 is 3.04. The minimum absolute atomic E-state index is 0.145. The van der Waals surface area contributed by atoms with E-state index >= 15 is 0 Å². The van der Waals surface area contributed by atoms with Crippen molar-refractivity contribution in [3.63, 3.8) is 0 Å². The largest absolute Gasteiger partial charge is 0.342 e. The molecule has 8 heteroatoms. The van der Waals surface area contributed by atoms with E-state index < -0.39 is 0 Å². The lowest BCUT2D eigenvalue weighted by Crippen LogP contribution is -2.51. The first-order valence-electron chi connectivity index (χ1n) is 10.4. The van der Waals surface area contributed by atoms with Crippen LogP contribution in [0.3, 0.4) is 0 Å². The van der Waals surface area contributed by atoms with Crippen LogP contribution in [0.2, 0.25) is 0 Å². The van der Waals surface area contributed by atoms with E-state index in [9.17, 15) is 9.59 Å². The van der Waals surface area contributed by atoms with Crippen LogP contribution < -0.4 is 0 Å². The van der Waals surface area contributed by atoms with Crippen LogP contribution in [0.5, 0.6) is 0 Å². The van der Waals surface area contributed by atoms with Crippen LogP contribution in [-0.2, 0) is 11.2 Å². The number of hydrogen-bond donors (Lipinski definition) is 0. The standard InChI is InChI=1S/C21H28N4O2S2/c1-14-20(29-13-22-14)21(27)25-8-4-3-5-18(25)16-6-9-24(10-7-16)19(26)11-17-12-28-15(2)23-17/h12-13,16,18H,3-11H2,1-2H3. The van der Waals surface area contributed by atoms with Gasteiger partial charge in [-0.15, -0.1) is 22.7 Å². The highest BCUT2D eigenvalue weighted by molar-refractivity contribution is 7.11. The Morgan fingerprint density at radius 3 is 2.55 bits per heavy atom. The Hall–Kier alpha value is -1.80. The highest BCUT2D eigenvalue weighted by Gasteiger charge is 2.36.